The number of carbonyl (C=O) groups is 2. The summed E-state index contributed by atoms with van der Waals surface area (Å²) in [5, 5.41) is 22.7. The number of aromatic nitrogens is 1. The van der Waals surface area contributed by atoms with Crippen molar-refractivity contribution in [2.24, 2.45) is 5.73 Å². The van der Waals surface area contributed by atoms with Crippen LogP contribution in [0.1, 0.15) is 20.7 Å². The van der Waals surface area contributed by atoms with Crippen molar-refractivity contribution in [3.05, 3.63) is 65.5 Å². The van der Waals surface area contributed by atoms with Crippen molar-refractivity contribution >= 4 is 33.6 Å². The zero-order chi connectivity index (χ0) is 23.7. The van der Waals surface area contributed by atoms with Gasteiger partial charge in [0.1, 0.15) is 0 Å². The van der Waals surface area contributed by atoms with E-state index in [9.17, 15) is 24.2 Å². The second-order valence-corrected chi connectivity index (χ2v) is 7.58. The van der Waals surface area contributed by atoms with E-state index in [-0.39, 0.29) is 11.3 Å². The molecular formula is C24H22FN3O5. The molecule has 4 rings (SSSR count). The average Bonchev–Trinajstić information content (AvgIpc) is 3.19. The second-order valence-electron chi connectivity index (χ2n) is 7.58. The third-order valence-electron chi connectivity index (χ3n) is 5.50. The van der Waals surface area contributed by atoms with Gasteiger partial charge in [-0.25, -0.2) is 4.39 Å². The molecule has 0 spiro atoms. The van der Waals surface area contributed by atoms with Gasteiger partial charge in [-0.15, -0.1) is 0 Å². The lowest BCUT2D eigenvalue weighted by molar-refractivity contribution is 0.0880. The van der Waals surface area contributed by atoms with Crippen LogP contribution in [-0.2, 0) is 0 Å². The third kappa shape index (κ3) is 4.11. The molecule has 0 aliphatic carbocycles. The molecule has 0 aliphatic heterocycles. The molecule has 0 radical (unpaired) electrons. The molecule has 0 fully saturated rings. The van der Waals surface area contributed by atoms with Crippen LogP contribution in [0.25, 0.3) is 32.9 Å². The number of aliphatic hydroxyl groups excluding tert-OH is 2. The number of H-pyrrole nitrogens is 1. The number of methoxy groups -OCH3 is 1. The fraction of sp³-hybridized carbons (Fsp3) is 0.167. The average molecular weight is 451 g/mol. The van der Waals surface area contributed by atoms with Crippen molar-refractivity contribution in [3.63, 3.8) is 0 Å². The molecule has 0 unspecified atom stereocenters. The molecule has 6 N–H and O–H groups in total. The number of aromatic amines is 1. The van der Waals surface area contributed by atoms with Gasteiger partial charge in [0.25, 0.3) is 5.91 Å². The highest BCUT2D eigenvalue weighted by atomic mass is 19.1. The molecule has 4 aromatic rings. The molecule has 1 heterocycles. The molecule has 0 bridgehead atoms. The number of rotatable bonds is 7. The monoisotopic (exact) mass is 451 g/mol. The van der Waals surface area contributed by atoms with Crippen LogP contribution in [0, 0.1) is 5.82 Å². The highest BCUT2D eigenvalue weighted by Gasteiger charge is 2.20. The van der Waals surface area contributed by atoms with Crippen molar-refractivity contribution in [2.45, 2.75) is 6.04 Å². The lowest BCUT2D eigenvalue weighted by Crippen LogP contribution is -2.40. The number of hydrogen-bond donors (Lipinski definition) is 5. The van der Waals surface area contributed by atoms with Crippen LogP contribution in [0.15, 0.2) is 48.5 Å². The molecule has 170 valence electrons. The van der Waals surface area contributed by atoms with E-state index in [2.05, 4.69) is 10.3 Å². The van der Waals surface area contributed by atoms with Gasteiger partial charge < -0.3 is 31.0 Å². The quantitative estimate of drug-likeness (QED) is 0.294. The normalized spacial score (nSPS) is 11.3. The van der Waals surface area contributed by atoms with E-state index < -0.39 is 36.9 Å². The van der Waals surface area contributed by atoms with Gasteiger partial charge >= 0.3 is 0 Å². The van der Waals surface area contributed by atoms with Crippen LogP contribution in [-0.4, -0.2) is 53.4 Å². The van der Waals surface area contributed by atoms with Crippen LogP contribution < -0.4 is 15.8 Å². The number of aliphatic hydroxyl groups is 2. The zero-order valence-corrected chi connectivity index (χ0v) is 17.7. The van der Waals surface area contributed by atoms with E-state index in [0.717, 1.165) is 5.39 Å². The summed E-state index contributed by atoms with van der Waals surface area (Å²) >= 11 is 0. The lowest BCUT2D eigenvalue weighted by atomic mass is 9.98. The highest BCUT2D eigenvalue weighted by Crippen LogP contribution is 2.34. The predicted molar refractivity (Wildman–Crippen MR) is 122 cm³/mol. The Kier molecular flexibility index (Phi) is 5.99. The first-order valence-corrected chi connectivity index (χ1v) is 10.1. The minimum absolute atomic E-state index is 0.0950. The smallest absolute Gasteiger partial charge is 0.253 e. The second kappa shape index (κ2) is 8.89. The van der Waals surface area contributed by atoms with Crippen LogP contribution in [0.5, 0.6) is 5.75 Å². The summed E-state index contributed by atoms with van der Waals surface area (Å²) in [6.45, 7) is -0.882. The lowest BCUT2D eigenvalue weighted by Gasteiger charge is -2.15. The fourth-order valence-corrected chi connectivity index (χ4v) is 3.76. The van der Waals surface area contributed by atoms with E-state index in [0.29, 0.717) is 33.1 Å². The van der Waals surface area contributed by atoms with Crippen molar-refractivity contribution in [1.29, 1.82) is 0 Å². The summed E-state index contributed by atoms with van der Waals surface area (Å²) < 4.78 is 19.4. The number of nitrogens with two attached hydrogens (primary N) is 1. The number of amides is 2. The Labute approximate surface area is 187 Å². The fourth-order valence-electron chi connectivity index (χ4n) is 3.76. The van der Waals surface area contributed by atoms with Gasteiger partial charge in [-0.3, -0.25) is 9.59 Å². The van der Waals surface area contributed by atoms with E-state index >= 15 is 0 Å². The van der Waals surface area contributed by atoms with Gasteiger partial charge in [0.05, 0.1) is 37.4 Å². The Balaban J connectivity index is 1.95. The van der Waals surface area contributed by atoms with Gasteiger partial charge in [0, 0.05) is 21.9 Å². The number of ether oxygens (including phenoxy) is 1. The molecule has 2 amide bonds. The summed E-state index contributed by atoms with van der Waals surface area (Å²) in [5.41, 5.74) is 8.08. The minimum Gasteiger partial charge on any atom is -0.494 e. The number of hydrogen-bond acceptors (Lipinski definition) is 5. The molecule has 33 heavy (non-hydrogen) atoms. The van der Waals surface area contributed by atoms with Crippen molar-refractivity contribution in [3.8, 4) is 16.9 Å². The SMILES string of the molecule is COc1ccc(-c2cc(C(=O)NC(CO)CO)c3[nH]c4cc(C(N)=O)ccc4c3c2)cc1F. The van der Waals surface area contributed by atoms with Crippen molar-refractivity contribution in [1.82, 2.24) is 10.3 Å². The Morgan fingerprint density at radius 1 is 1.06 bits per heavy atom. The zero-order valence-electron chi connectivity index (χ0n) is 17.7. The Morgan fingerprint density at radius 3 is 2.45 bits per heavy atom. The van der Waals surface area contributed by atoms with Gasteiger partial charge in [0.15, 0.2) is 11.6 Å². The number of nitrogens with one attached hydrogen (secondary N) is 2. The molecule has 1 aromatic heterocycles. The third-order valence-corrected chi connectivity index (χ3v) is 5.50. The largest absolute Gasteiger partial charge is 0.494 e. The molecule has 0 aliphatic rings. The Bertz CT molecular complexity index is 1380. The van der Waals surface area contributed by atoms with Crippen molar-refractivity contribution < 1.29 is 28.9 Å². The standard InChI is InChI=1S/C24H22FN3O5/c1-33-21-5-3-12(8-19(21)25)14-6-17-16-4-2-13(23(26)31)9-20(16)28-22(17)18(7-14)24(32)27-15(10-29)11-30/h2-9,15,28-30H,10-11H2,1H3,(H2,26,31)(H,27,32). The maximum atomic E-state index is 14.4. The van der Waals surface area contributed by atoms with Gasteiger partial charge in [-0.2, -0.15) is 0 Å². The first-order chi connectivity index (χ1) is 15.9. The maximum Gasteiger partial charge on any atom is 0.253 e. The van der Waals surface area contributed by atoms with Crippen LogP contribution in [0.2, 0.25) is 0 Å². The van der Waals surface area contributed by atoms with E-state index in [1.54, 1.807) is 30.3 Å². The van der Waals surface area contributed by atoms with Gasteiger partial charge in [-0.05, 0) is 47.5 Å². The van der Waals surface area contributed by atoms with Crippen LogP contribution in [0.3, 0.4) is 0 Å². The number of halogens is 1. The summed E-state index contributed by atoms with van der Waals surface area (Å²) in [7, 11) is 1.37. The van der Waals surface area contributed by atoms with Gasteiger partial charge in [-0.1, -0.05) is 12.1 Å². The molecule has 0 saturated heterocycles. The molecule has 3 aromatic carbocycles. The number of fused-ring (bicyclic) bond motifs is 3. The molecule has 9 heteroatoms. The minimum atomic E-state index is -0.847. The molecule has 8 nitrogen and oxygen atoms in total. The number of primary amides is 1. The summed E-state index contributed by atoms with van der Waals surface area (Å²) in [6, 6.07) is 11.9. The maximum absolute atomic E-state index is 14.4. The molecule has 0 atom stereocenters. The van der Waals surface area contributed by atoms with Crippen molar-refractivity contribution in [2.75, 3.05) is 20.3 Å². The topological polar surface area (TPSA) is 138 Å². The number of carbonyl (C=O) groups excluding carboxylic acids is 2. The Hall–Kier alpha value is -3.95. The molecular weight excluding hydrogens is 429 g/mol. The van der Waals surface area contributed by atoms with E-state index in [4.69, 9.17) is 10.5 Å². The Morgan fingerprint density at radius 2 is 1.82 bits per heavy atom. The highest BCUT2D eigenvalue weighted by molar-refractivity contribution is 6.17. The molecule has 0 saturated carbocycles. The van der Waals surface area contributed by atoms with Gasteiger partial charge in [0.2, 0.25) is 5.91 Å². The predicted octanol–water partition coefficient (Wildman–Crippen LogP) is 2.32. The first-order valence-electron chi connectivity index (χ1n) is 10.1. The van der Waals surface area contributed by atoms with Crippen LogP contribution >= 0.6 is 0 Å². The summed E-state index contributed by atoms with van der Waals surface area (Å²) in [4.78, 5) is 27.8. The van der Waals surface area contributed by atoms with E-state index in [1.807, 2.05) is 6.07 Å². The van der Waals surface area contributed by atoms with Crippen LogP contribution in [0.4, 0.5) is 4.39 Å². The summed E-state index contributed by atoms with van der Waals surface area (Å²) in [6.07, 6.45) is 0. The summed E-state index contributed by atoms with van der Waals surface area (Å²) in [5.74, 6) is -1.58. The van der Waals surface area contributed by atoms with E-state index in [1.165, 1.54) is 19.2 Å². The number of benzene rings is 3. The first kappa shape index (κ1) is 22.3.